The van der Waals surface area contributed by atoms with Crippen LogP contribution in [0.25, 0.3) is 17.1 Å². The topological polar surface area (TPSA) is 72.2 Å². The summed E-state index contributed by atoms with van der Waals surface area (Å²) >= 11 is 6.26. The first-order valence-corrected chi connectivity index (χ1v) is 12.0. The summed E-state index contributed by atoms with van der Waals surface area (Å²) in [6.07, 6.45) is 1.63. The van der Waals surface area contributed by atoms with Crippen molar-refractivity contribution in [2.45, 2.75) is 12.1 Å². The molecule has 0 fully saturated rings. The van der Waals surface area contributed by atoms with Gasteiger partial charge in [0.2, 0.25) is 0 Å². The standard InChI is InChI=1S/C22H18BrN5OS2/c1-15-7-9-17(10-8-15)28-21(16-5-3-2-4-6-16)26-27-22(28)30-14-20(29)25-24-13-18-11-12-19(23)31-18/h2-13H,14H2,1H3,(H,25,29)/b24-13-. The van der Waals surface area contributed by atoms with E-state index in [4.69, 9.17) is 0 Å². The molecule has 0 saturated carbocycles. The predicted octanol–water partition coefficient (Wildman–Crippen LogP) is 5.31. The number of hydrogen-bond acceptors (Lipinski definition) is 6. The normalized spacial score (nSPS) is 11.2. The molecule has 0 saturated heterocycles. The Kier molecular flexibility index (Phi) is 6.96. The molecule has 4 aromatic rings. The number of hydrogen-bond donors (Lipinski definition) is 1. The number of halogens is 1. The molecule has 0 aliphatic heterocycles. The maximum Gasteiger partial charge on any atom is 0.250 e. The molecule has 2 heterocycles. The van der Waals surface area contributed by atoms with Crippen molar-refractivity contribution >= 4 is 51.2 Å². The Labute approximate surface area is 196 Å². The van der Waals surface area contributed by atoms with Gasteiger partial charge < -0.3 is 0 Å². The van der Waals surface area contributed by atoms with E-state index in [0.717, 1.165) is 25.7 Å². The van der Waals surface area contributed by atoms with Crippen LogP contribution in [0, 0.1) is 6.92 Å². The summed E-state index contributed by atoms with van der Waals surface area (Å²) in [5, 5.41) is 13.4. The molecule has 1 N–H and O–H groups in total. The quantitative estimate of drug-likeness (QED) is 0.207. The van der Waals surface area contributed by atoms with Crippen LogP contribution in [-0.2, 0) is 4.79 Å². The lowest BCUT2D eigenvalue weighted by Gasteiger charge is -2.10. The number of nitrogens with one attached hydrogen (secondary N) is 1. The minimum absolute atomic E-state index is 0.171. The highest BCUT2D eigenvalue weighted by molar-refractivity contribution is 9.11. The van der Waals surface area contributed by atoms with Crippen LogP contribution < -0.4 is 5.43 Å². The average Bonchev–Trinajstić information content (AvgIpc) is 3.39. The van der Waals surface area contributed by atoms with E-state index in [1.165, 1.54) is 17.3 Å². The Bertz CT molecular complexity index is 1200. The molecule has 6 nitrogen and oxygen atoms in total. The van der Waals surface area contributed by atoms with Crippen LogP contribution in [-0.4, -0.2) is 32.6 Å². The number of amides is 1. The number of aryl methyl sites for hydroxylation is 1. The molecule has 0 atom stereocenters. The van der Waals surface area contributed by atoms with E-state index in [2.05, 4.69) is 36.7 Å². The summed E-state index contributed by atoms with van der Waals surface area (Å²) in [6.45, 7) is 2.05. The van der Waals surface area contributed by atoms with Crippen molar-refractivity contribution in [2.24, 2.45) is 5.10 Å². The average molecular weight is 512 g/mol. The number of hydrazone groups is 1. The highest BCUT2D eigenvalue weighted by Crippen LogP contribution is 2.28. The van der Waals surface area contributed by atoms with E-state index < -0.39 is 0 Å². The predicted molar refractivity (Wildman–Crippen MR) is 130 cm³/mol. The van der Waals surface area contributed by atoms with Gasteiger partial charge in [-0.2, -0.15) is 5.10 Å². The number of aromatic nitrogens is 3. The van der Waals surface area contributed by atoms with Crippen LogP contribution in [0.3, 0.4) is 0 Å². The molecule has 0 aliphatic rings. The molecular formula is C22H18BrN5OS2. The fourth-order valence-corrected chi connectivity index (χ4v) is 4.83. The SMILES string of the molecule is Cc1ccc(-n2c(SCC(=O)N/N=C\c3ccc(Br)s3)nnc2-c2ccccc2)cc1. The Hall–Kier alpha value is -2.75. The number of rotatable bonds is 7. The van der Waals surface area contributed by atoms with Crippen molar-refractivity contribution in [1.82, 2.24) is 20.2 Å². The third-order valence-electron chi connectivity index (χ3n) is 4.26. The van der Waals surface area contributed by atoms with E-state index in [1.807, 2.05) is 78.2 Å². The number of thioether (sulfide) groups is 1. The van der Waals surface area contributed by atoms with Crippen LogP contribution in [0.2, 0.25) is 0 Å². The first-order valence-electron chi connectivity index (χ1n) is 9.38. The van der Waals surface area contributed by atoms with E-state index in [9.17, 15) is 4.79 Å². The summed E-state index contributed by atoms with van der Waals surface area (Å²) in [5.41, 5.74) is 5.63. The largest absolute Gasteiger partial charge is 0.272 e. The molecule has 0 radical (unpaired) electrons. The van der Waals surface area contributed by atoms with Crippen LogP contribution in [0.4, 0.5) is 0 Å². The van der Waals surface area contributed by atoms with Gasteiger partial charge in [0.15, 0.2) is 11.0 Å². The highest BCUT2D eigenvalue weighted by atomic mass is 79.9. The maximum atomic E-state index is 12.3. The summed E-state index contributed by atoms with van der Waals surface area (Å²) in [5.74, 6) is 0.690. The van der Waals surface area contributed by atoms with Crippen molar-refractivity contribution in [3.8, 4) is 17.1 Å². The summed E-state index contributed by atoms with van der Waals surface area (Å²) in [6, 6.07) is 21.9. The molecule has 4 rings (SSSR count). The van der Waals surface area contributed by atoms with Crippen molar-refractivity contribution < 1.29 is 4.79 Å². The van der Waals surface area contributed by atoms with Gasteiger partial charge in [-0.1, -0.05) is 59.8 Å². The summed E-state index contributed by atoms with van der Waals surface area (Å²) in [7, 11) is 0. The van der Waals surface area contributed by atoms with Crippen LogP contribution in [0.5, 0.6) is 0 Å². The minimum Gasteiger partial charge on any atom is -0.272 e. The zero-order valence-electron chi connectivity index (χ0n) is 16.5. The lowest BCUT2D eigenvalue weighted by molar-refractivity contribution is -0.118. The second-order valence-electron chi connectivity index (χ2n) is 6.57. The number of carbonyl (C=O) groups is 1. The lowest BCUT2D eigenvalue weighted by Crippen LogP contribution is -2.19. The molecule has 156 valence electrons. The number of nitrogens with zero attached hydrogens (tertiary/aromatic N) is 4. The molecule has 9 heteroatoms. The van der Waals surface area contributed by atoms with Gasteiger partial charge in [-0.15, -0.1) is 21.5 Å². The summed E-state index contributed by atoms with van der Waals surface area (Å²) in [4.78, 5) is 13.2. The van der Waals surface area contributed by atoms with Gasteiger partial charge in [0.1, 0.15) is 0 Å². The Morgan fingerprint density at radius 2 is 1.90 bits per heavy atom. The van der Waals surface area contributed by atoms with Crippen molar-refractivity contribution in [2.75, 3.05) is 5.75 Å². The van der Waals surface area contributed by atoms with Crippen molar-refractivity contribution in [3.63, 3.8) is 0 Å². The number of benzene rings is 2. The molecule has 0 unspecified atom stereocenters. The second kappa shape index (κ2) is 10.0. The second-order valence-corrected chi connectivity index (χ2v) is 10.0. The van der Waals surface area contributed by atoms with Gasteiger partial charge in [0.25, 0.3) is 5.91 Å². The van der Waals surface area contributed by atoms with Gasteiger partial charge in [-0.3, -0.25) is 9.36 Å². The first kappa shape index (κ1) is 21.5. The molecule has 0 aliphatic carbocycles. The highest BCUT2D eigenvalue weighted by Gasteiger charge is 2.17. The fraction of sp³-hybridized carbons (Fsp3) is 0.0909. The lowest BCUT2D eigenvalue weighted by atomic mass is 10.2. The number of thiophene rings is 1. The van der Waals surface area contributed by atoms with Crippen LogP contribution in [0.1, 0.15) is 10.4 Å². The van der Waals surface area contributed by atoms with Gasteiger partial charge in [-0.25, -0.2) is 5.43 Å². The Morgan fingerprint density at radius 1 is 1.13 bits per heavy atom. The molecule has 31 heavy (non-hydrogen) atoms. The molecular weight excluding hydrogens is 494 g/mol. The molecule has 2 aromatic carbocycles. The molecule has 0 bridgehead atoms. The van der Waals surface area contributed by atoms with E-state index >= 15 is 0 Å². The zero-order chi connectivity index (χ0) is 21.6. The Morgan fingerprint density at radius 3 is 2.61 bits per heavy atom. The van der Waals surface area contributed by atoms with Crippen LogP contribution in [0.15, 0.2) is 80.8 Å². The van der Waals surface area contributed by atoms with E-state index in [1.54, 1.807) is 17.6 Å². The van der Waals surface area contributed by atoms with Gasteiger partial charge >= 0.3 is 0 Å². The fourth-order valence-electron chi connectivity index (χ4n) is 2.79. The van der Waals surface area contributed by atoms with E-state index in [-0.39, 0.29) is 11.7 Å². The third-order valence-corrected chi connectivity index (χ3v) is 6.75. The minimum atomic E-state index is -0.211. The third kappa shape index (κ3) is 5.49. The number of carbonyl (C=O) groups excluding carboxylic acids is 1. The molecule has 2 aromatic heterocycles. The van der Waals surface area contributed by atoms with Gasteiger partial charge in [0.05, 0.1) is 15.8 Å². The zero-order valence-corrected chi connectivity index (χ0v) is 19.7. The monoisotopic (exact) mass is 511 g/mol. The van der Waals surface area contributed by atoms with Crippen LogP contribution >= 0.6 is 39.0 Å². The molecule has 0 spiro atoms. The van der Waals surface area contributed by atoms with Gasteiger partial charge in [0, 0.05) is 16.1 Å². The maximum absolute atomic E-state index is 12.3. The smallest absolute Gasteiger partial charge is 0.250 e. The summed E-state index contributed by atoms with van der Waals surface area (Å²) < 4.78 is 2.99. The molecule has 1 amide bonds. The van der Waals surface area contributed by atoms with E-state index in [0.29, 0.717) is 5.16 Å². The first-order chi connectivity index (χ1) is 15.1. The van der Waals surface area contributed by atoms with Gasteiger partial charge in [-0.05, 0) is 47.1 Å². The Balaban J connectivity index is 1.51. The van der Waals surface area contributed by atoms with Crippen molar-refractivity contribution in [3.05, 3.63) is 81.0 Å². The van der Waals surface area contributed by atoms with Crippen molar-refractivity contribution in [1.29, 1.82) is 0 Å².